The van der Waals surface area contributed by atoms with Crippen molar-refractivity contribution >= 4 is 17.9 Å². The van der Waals surface area contributed by atoms with Gasteiger partial charge in [0, 0.05) is 12.8 Å². The van der Waals surface area contributed by atoms with Gasteiger partial charge in [0.15, 0.2) is 6.10 Å². The summed E-state index contributed by atoms with van der Waals surface area (Å²) >= 11 is 0. The third-order valence-corrected chi connectivity index (χ3v) is 10.8. The van der Waals surface area contributed by atoms with Gasteiger partial charge in [-0.25, -0.2) is 4.79 Å². The van der Waals surface area contributed by atoms with E-state index in [1.54, 1.807) is 0 Å². The summed E-state index contributed by atoms with van der Waals surface area (Å²) in [5.74, 6) is -2.13. The van der Waals surface area contributed by atoms with E-state index in [1.807, 2.05) is 21.1 Å². The summed E-state index contributed by atoms with van der Waals surface area (Å²) in [6, 6.07) is 0. The zero-order valence-corrected chi connectivity index (χ0v) is 46.2. The standard InChI is InChI=1S/C64H99NO8/c1-6-8-10-12-14-16-18-20-22-24-26-28-30-31-33-34-36-38-40-42-44-46-48-50-52-54-61(66)71-58-60(59-72-64(63(68)69)70-57-56-65(3,4)5)73-62(67)55-53-51-49-47-45-43-41-39-37-35-32-29-27-25-23-21-19-17-15-13-11-9-7-2/h8-11,14-17,20-23,26-29,31,33,35-38,41,43,47,49,60,64H,6-7,12-13,18-19,24-25,30,32,34,39-40,42,44-46,48,50-59H2,1-5H3/p+1/b10-8-,11-9-,16-14-,17-15-,22-20-,23-21-,28-26-,29-27-,33-31-,37-35-,38-36-,43-41-,49-47-. The van der Waals surface area contributed by atoms with Crippen molar-refractivity contribution in [2.24, 2.45) is 0 Å². The van der Waals surface area contributed by atoms with Gasteiger partial charge in [0.25, 0.3) is 6.29 Å². The molecule has 0 heterocycles. The van der Waals surface area contributed by atoms with Gasteiger partial charge in [-0.15, -0.1) is 0 Å². The van der Waals surface area contributed by atoms with E-state index < -0.39 is 24.3 Å². The van der Waals surface area contributed by atoms with E-state index in [9.17, 15) is 19.5 Å². The number of nitrogens with zero attached hydrogens (tertiary/aromatic N) is 1. The third-order valence-electron chi connectivity index (χ3n) is 10.8. The zero-order valence-electron chi connectivity index (χ0n) is 46.2. The zero-order chi connectivity index (χ0) is 53.4. The van der Waals surface area contributed by atoms with Crippen molar-refractivity contribution in [2.75, 3.05) is 47.5 Å². The Labute approximate surface area is 444 Å². The number of allylic oxidation sites excluding steroid dienone is 26. The predicted octanol–water partition coefficient (Wildman–Crippen LogP) is 16.2. The van der Waals surface area contributed by atoms with Gasteiger partial charge in [-0.05, 0) is 116 Å². The summed E-state index contributed by atoms with van der Waals surface area (Å²) in [6.07, 6.45) is 76.0. The van der Waals surface area contributed by atoms with Crippen LogP contribution in [-0.2, 0) is 33.3 Å². The first-order valence-corrected chi connectivity index (χ1v) is 27.6. The van der Waals surface area contributed by atoms with Gasteiger partial charge in [-0.3, -0.25) is 9.59 Å². The second kappa shape index (κ2) is 53.2. The summed E-state index contributed by atoms with van der Waals surface area (Å²) in [5, 5.41) is 9.69. The fraction of sp³-hybridized carbons (Fsp3) is 0.547. The van der Waals surface area contributed by atoms with E-state index in [2.05, 4.69) is 172 Å². The molecule has 0 aliphatic heterocycles. The van der Waals surface area contributed by atoms with Crippen LogP contribution in [0.15, 0.2) is 158 Å². The maximum Gasteiger partial charge on any atom is 0.361 e. The highest BCUT2D eigenvalue weighted by molar-refractivity contribution is 5.71. The molecule has 0 aromatic carbocycles. The molecule has 9 nitrogen and oxygen atoms in total. The molecule has 1 N–H and O–H groups in total. The first kappa shape index (κ1) is 67.9. The van der Waals surface area contributed by atoms with Crippen molar-refractivity contribution in [1.82, 2.24) is 0 Å². The largest absolute Gasteiger partial charge is 0.477 e. The Morgan fingerprint density at radius 1 is 0.411 bits per heavy atom. The van der Waals surface area contributed by atoms with Gasteiger partial charge in [0.1, 0.15) is 13.2 Å². The SMILES string of the molecule is CC/C=C\C/C=C\C/C=C\C/C=C\C/C=C\C/C=C\C/C=C\CCCC(=O)OC(COC(=O)CCCCCCCC/C=C\C/C=C\C/C=C\C/C=C\C/C=C\C/C=C\CC)COC(OCC[N+](C)(C)C)C(=O)O. The van der Waals surface area contributed by atoms with E-state index >= 15 is 0 Å². The molecule has 0 saturated heterocycles. The van der Waals surface area contributed by atoms with E-state index in [-0.39, 0.29) is 38.6 Å². The molecule has 0 aliphatic carbocycles. The molecular weight excluding hydrogens is 911 g/mol. The Morgan fingerprint density at radius 2 is 0.753 bits per heavy atom. The van der Waals surface area contributed by atoms with Crippen LogP contribution in [0.1, 0.15) is 168 Å². The van der Waals surface area contributed by atoms with Crippen LogP contribution in [0.5, 0.6) is 0 Å². The summed E-state index contributed by atoms with van der Waals surface area (Å²) in [7, 11) is 5.92. The molecule has 0 bridgehead atoms. The fourth-order valence-corrected chi connectivity index (χ4v) is 6.59. The minimum absolute atomic E-state index is 0.164. The Kier molecular flexibility index (Phi) is 49.5. The maximum atomic E-state index is 12.8. The van der Waals surface area contributed by atoms with Crippen LogP contribution < -0.4 is 0 Å². The first-order valence-electron chi connectivity index (χ1n) is 27.6. The fourth-order valence-electron chi connectivity index (χ4n) is 6.59. The van der Waals surface area contributed by atoms with Crippen LogP contribution >= 0.6 is 0 Å². The van der Waals surface area contributed by atoms with Gasteiger partial charge < -0.3 is 28.5 Å². The first-order chi connectivity index (χ1) is 35.6. The number of rotatable bonds is 48. The topological polar surface area (TPSA) is 108 Å². The highest BCUT2D eigenvalue weighted by Crippen LogP contribution is 2.12. The van der Waals surface area contributed by atoms with Crippen LogP contribution in [-0.4, -0.2) is 87.4 Å². The lowest BCUT2D eigenvalue weighted by molar-refractivity contribution is -0.870. The summed E-state index contributed by atoms with van der Waals surface area (Å²) in [4.78, 5) is 37.4. The molecule has 0 spiro atoms. The molecule has 9 heteroatoms. The number of hydrogen-bond donors (Lipinski definition) is 1. The molecule has 0 aromatic heterocycles. The quantitative estimate of drug-likeness (QED) is 0.0211. The summed E-state index contributed by atoms with van der Waals surface area (Å²) in [6.45, 7) is 4.52. The van der Waals surface area contributed by atoms with Crippen LogP contribution in [0.25, 0.3) is 0 Å². The van der Waals surface area contributed by atoms with Gasteiger partial charge in [-0.2, -0.15) is 0 Å². The normalized spacial score (nSPS) is 14.0. The summed E-state index contributed by atoms with van der Waals surface area (Å²) < 4.78 is 22.7. The number of carbonyl (C=O) groups is 3. The minimum Gasteiger partial charge on any atom is -0.477 e. The van der Waals surface area contributed by atoms with Crippen molar-refractivity contribution in [3.63, 3.8) is 0 Å². The van der Waals surface area contributed by atoms with Gasteiger partial charge in [0.2, 0.25) is 0 Å². The van der Waals surface area contributed by atoms with Crippen molar-refractivity contribution in [2.45, 2.75) is 180 Å². The third kappa shape index (κ3) is 54.5. The Bertz CT molecular complexity index is 1750. The molecule has 0 fully saturated rings. The Morgan fingerprint density at radius 3 is 1.14 bits per heavy atom. The average Bonchev–Trinajstić information content (AvgIpc) is 3.36. The number of carbonyl (C=O) groups excluding carboxylic acids is 2. The Balaban J connectivity index is 4.47. The molecule has 2 unspecified atom stereocenters. The van der Waals surface area contributed by atoms with Crippen LogP contribution in [0, 0.1) is 0 Å². The van der Waals surface area contributed by atoms with E-state index in [0.29, 0.717) is 30.3 Å². The van der Waals surface area contributed by atoms with E-state index in [1.165, 1.54) is 0 Å². The summed E-state index contributed by atoms with van der Waals surface area (Å²) in [5.41, 5.74) is 0. The molecule has 0 rings (SSSR count). The lowest BCUT2D eigenvalue weighted by Gasteiger charge is -2.25. The number of unbranched alkanes of at least 4 members (excludes halogenated alkanes) is 7. The van der Waals surface area contributed by atoms with Crippen LogP contribution in [0.2, 0.25) is 0 Å². The number of carboxylic acids is 1. The van der Waals surface area contributed by atoms with Gasteiger partial charge >= 0.3 is 17.9 Å². The number of quaternary nitrogens is 1. The lowest BCUT2D eigenvalue weighted by Crippen LogP contribution is -2.40. The predicted molar refractivity (Wildman–Crippen MR) is 308 cm³/mol. The number of hydrogen-bond acceptors (Lipinski definition) is 7. The molecule has 0 saturated carbocycles. The van der Waals surface area contributed by atoms with Crippen LogP contribution in [0.3, 0.4) is 0 Å². The molecular formula is C64H100NO8+. The minimum atomic E-state index is -1.54. The highest BCUT2D eigenvalue weighted by atomic mass is 16.7. The second-order valence-electron chi connectivity index (χ2n) is 18.8. The highest BCUT2D eigenvalue weighted by Gasteiger charge is 2.25. The number of carboxylic acid groups (broad SMARTS) is 1. The van der Waals surface area contributed by atoms with Crippen molar-refractivity contribution < 1.29 is 42.9 Å². The van der Waals surface area contributed by atoms with Crippen molar-refractivity contribution in [3.05, 3.63) is 158 Å². The Hall–Kier alpha value is -5.09. The molecule has 0 radical (unpaired) electrons. The van der Waals surface area contributed by atoms with Gasteiger partial charge in [0.05, 0.1) is 34.4 Å². The molecule has 2 atom stereocenters. The lowest BCUT2D eigenvalue weighted by atomic mass is 10.1. The molecule has 408 valence electrons. The van der Waals surface area contributed by atoms with E-state index in [0.717, 1.165) is 122 Å². The van der Waals surface area contributed by atoms with Gasteiger partial charge in [-0.1, -0.05) is 198 Å². The average molecular weight is 1010 g/mol. The monoisotopic (exact) mass is 1010 g/mol. The van der Waals surface area contributed by atoms with Crippen molar-refractivity contribution in [3.8, 4) is 0 Å². The molecule has 0 aliphatic rings. The molecule has 0 amide bonds. The molecule has 0 aromatic rings. The number of ether oxygens (including phenoxy) is 4. The second-order valence-corrected chi connectivity index (χ2v) is 18.8. The number of likely N-dealkylation sites (N-methyl/N-ethyl adjacent to an activating group) is 1. The maximum absolute atomic E-state index is 12.8. The van der Waals surface area contributed by atoms with E-state index in [4.69, 9.17) is 18.9 Å². The number of esters is 2. The smallest absolute Gasteiger partial charge is 0.361 e. The van der Waals surface area contributed by atoms with Crippen LogP contribution in [0.4, 0.5) is 0 Å². The molecule has 73 heavy (non-hydrogen) atoms. The number of aliphatic carboxylic acids is 1. The van der Waals surface area contributed by atoms with Crippen molar-refractivity contribution in [1.29, 1.82) is 0 Å².